The van der Waals surface area contributed by atoms with Crippen molar-refractivity contribution in [3.8, 4) is 0 Å². The summed E-state index contributed by atoms with van der Waals surface area (Å²) in [4.78, 5) is 40.9. The number of nitrogens with zero attached hydrogens (tertiary/aromatic N) is 2. The van der Waals surface area contributed by atoms with E-state index < -0.39 is 35.5 Å². The monoisotopic (exact) mass is 402 g/mol. The van der Waals surface area contributed by atoms with Gasteiger partial charge in [-0.2, -0.15) is 4.90 Å². The van der Waals surface area contributed by atoms with Crippen molar-refractivity contribution in [2.45, 2.75) is 72.2 Å². The fourth-order valence-electron chi connectivity index (χ4n) is 1.83. The molecule has 1 unspecified atom stereocenters. The Morgan fingerprint density at radius 2 is 1.52 bits per heavy atom. The highest BCUT2D eigenvalue weighted by Crippen LogP contribution is 2.33. The molecule has 2 amide bonds. The van der Waals surface area contributed by atoms with Crippen molar-refractivity contribution in [1.29, 1.82) is 0 Å². The molecule has 0 spiro atoms. The van der Waals surface area contributed by atoms with Gasteiger partial charge in [-0.3, -0.25) is 0 Å². The number of thiazole rings is 1. The minimum absolute atomic E-state index is 0.123. The number of carboxylic acid groups (broad SMARTS) is 1. The molecule has 0 aliphatic carbocycles. The number of aliphatic hydroxyl groups excluding tert-OH is 1. The first-order valence-corrected chi connectivity index (χ1v) is 9.16. The number of carbonyl (C=O) groups is 3. The fourth-order valence-corrected chi connectivity index (χ4v) is 2.77. The molecule has 0 aliphatic heterocycles. The molecule has 0 fully saturated rings. The maximum atomic E-state index is 12.6. The highest BCUT2D eigenvalue weighted by atomic mass is 32.1. The van der Waals surface area contributed by atoms with Crippen molar-refractivity contribution in [3.63, 3.8) is 0 Å². The van der Waals surface area contributed by atoms with Gasteiger partial charge in [-0.15, -0.1) is 0 Å². The number of ether oxygens (including phenoxy) is 2. The third-order valence-corrected chi connectivity index (χ3v) is 3.93. The highest BCUT2D eigenvalue weighted by Gasteiger charge is 2.36. The number of anilines is 1. The third kappa shape index (κ3) is 6.47. The SMILES string of the molecule is CCC(O)c1nc(N(C(=O)OC(C)(C)C)C(=O)OC(C)(C)C)sc1C(=O)O. The maximum Gasteiger partial charge on any atom is 0.426 e. The summed E-state index contributed by atoms with van der Waals surface area (Å²) < 4.78 is 10.5. The fraction of sp³-hybridized carbons (Fsp3) is 0.647. The van der Waals surface area contributed by atoms with Gasteiger partial charge in [0.1, 0.15) is 16.1 Å². The summed E-state index contributed by atoms with van der Waals surface area (Å²) in [6.07, 6.45) is -3.05. The smallest absolute Gasteiger partial charge is 0.426 e. The number of amides is 2. The summed E-state index contributed by atoms with van der Waals surface area (Å²) in [6, 6.07) is 0. The second kappa shape index (κ2) is 8.22. The lowest BCUT2D eigenvalue weighted by molar-refractivity contribution is 0.0429. The second-order valence-electron chi connectivity index (χ2n) is 7.74. The van der Waals surface area contributed by atoms with E-state index in [1.807, 2.05) is 0 Å². The van der Waals surface area contributed by atoms with Crippen molar-refractivity contribution in [2.75, 3.05) is 4.90 Å². The largest absolute Gasteiger partial charge is 0.477 e. The van der Waals surface area contributed by atoms with Crippen LogP contribution in [-0.2, 0) is 9.47 Å². The van der Waals surface area contributed by atoms with Crippen LogP contribution in [0.5, 0.6) is 0 Å². The number of imide groups is 1. The first-order valence-electron chi connectivity index (χ1n) is 8.34. The van der Waals surface area contributed by atoms with E-state index >= 15 is 0 Å². The van der Waals surface area contributed by atoms with Crippen LogP contribution >= 0.6 is 11.3 Å². The Balaban J connectivity index is 3.44. The van der Waals surface area contributed by atoms with Crippen molar-refractivity contribution in [2.24, 2.45) is 0 Å². The molecule has 27 heavy (non-hydrogen) atoms. The molecule has 10 heteroatoms. The number of aromatic nitrogens is 1. The highest BCUT2D eigenvalue weighted by molar-refractivity contribution is 7.17. The van der Waals surface area contributed by atoms with Crippen molar-refractivity contribution in [1.82, 2.24) is 4.98 Å². The van der Waals surface area contributed by atoms with Crippen LogP contribution in [0.1, 0.15) is 76.4 Å². The number of rotatable bonds is 4. The van der Waals surface area contributed by atoms with E-state index in [0.29, 0.717) is 16.2 Å². The number of carboxylic acids is 1. The maximum absolute atomic E-state index is 12.6. The van der Waals surface area contributed by atoms with Crippen LogP contribution in [0.4, 0.5) is 14.7 Å². The van der Waals surface area contributed by atoms with Crippen LogP contribution in [0.2, 0.25) is 0 Å². The zero-order valence-corrected chi connectivity index (χ0v) is 17.3. The molecule has 1 rings (SSSR count). The average Bonchev–Trinajstić information content (AvgIpc) is 2.87. The molecule has 0 saturated carbocycles. The molecule has 0 bridgehead atoms. The topological polar surface area (TPSA) is 126 Å². The van der Waals surface area contributed by atoms with Crippen LogP contribution in [0.25, 0.3) is 0 Å². The zero-order valence-electron chi connectivity index (χ0n) is 16.5. The minimum Gasteiger partial charge on any atom is -0.477 e. The molecule has 0 saturated heterocycles. The summed E-state index contributed by atoms with van der Waals surface area (Å²) >= 11 is 0.582. The Labute approximate surface area is 161 Å². The summed E-state index contributed by atoms with van der Waals surface area (Å²) in [6.45, 7) is 11.4. The first-order chi connectivity index (χ1) is 12.2. The van der Waals surface area contributed by atoms with Gasteiger partial charge in [0.05, 0.1) is 11.8 Å². The molecule has 1 atom stereocenters. The lowest BCUT2D eigenvalue weighted by atomic mass is 10.2. The lowest BCUT2D eigenvalue weighted by Gasteiger charge is -2.27. The quantitative estimate of drug-likeness (QED) is 0.775. The van der Waals surface area contributed by atoms with E-state index in [2.05, 4.69) is 4.98 Å². The predicted octanol–water partition coefficient (Wildman–Crippen LogP) is 3.96. The van der Waals surface area contributed by atoms with E-state index in [1.54, 1.807) is 48.5 Å². The average molecular weight is 402 g/mol. The third-order valence-electron chi connectivity index (χ3n) is 2.88. The number of carbonyl (C=O) groups excluding carboxylic acids is 2. The van der Waals surface area contributed by atoms with Crippen LogP contribution in [-0.4, -0.2) is 44.6 Å². The Hall–Kier alpha value is -2.20. The van der Waals surface area contributed by atoms with Gasteiger partial charge in [-0.1, -0.05) is 18.3 Å². The van der Waals surface area contributed by atoms with E-state index in [0.717, 1.165) is 0 Å². The van der Waals surface area contributed by atoms with Gasteiger partial charge >= 0.3 is 18.2 Å². The molecule has 2 N–H and O–H groups in total. The normalized spacial score (nSPS) is 13.0. The number of aliphatic hydroxyl groups is 1. The molecular formula is C17H26N2O7S. The molecule has 1 aromatic heterocycles. The van der Waals surface area contributed by atoms with Crippen LogP contribution in [0.3, 0.4) is 0 Å². The van der Waals surface area contributed by atoms with E-state index in [9.17, 15) is 24.6 Å². The van der Waals surface area contributed by atoms with Gasteiger partial charge in [0.25, 0.3) is 0 Å². The summed E-state index contributed by atoms with van der Waals surface area (Å²) in [5.41, 5.74) is -1.94. The van der Waals surface area contributed by atoms with Crippen molar-refractivity contribution in [3.05, 3.63) is 10.6 Å². The minimum atomic E-state index is -1.32. The van der Waals surface area contributed by atoms with E-state index in [-0.39, 0.29) is 22.1 Å². The van der Waals surface area contributed by atoms with Gasteiger partial charge in [-0.25, -0.2) is 19.4 Å². The first kappa shape index (κ1) is 22.8. The molecule has 0 radical (unpaired) electrons. The zero-order chi connectivity index (χ0) is 21.2. The van der Waals surface area contributed by atoms with Crippen LogP contribution in [0.15, 0.2) is 0 Å². The van der Waals surface area contributed by atoms with Crippen molar-refractivity contribution >= 4 is 34.6 Å². The molecule has 0 aromatic carbocycles. The van der Waals surface area contributed by atoms with Gasteiger partial charge in [0, 0.05) is 0 Å². The van der Waals surface area contributed by atoms with Crippen molar-refractivity contribution < 1.29 is 34.1 Å². The molecular weight excluding hydrogens is 376 g/mol. The summed E-state index contributed by atoms with van der Waals surface area (Å²) in [7, 11) is 0. The number of aromatic carboxylic acids is 1. The Morgan fingerprint density at radius 1 is 1.07 bits per heavy atom. The molecule has 1 aromatic rings. The summed E-state index contributed by atoms with van der Waals surface area (Å²) in [5, 5.41) is 19.1. The molecule has 0 aliphatic rings. The Kier molecular flexibility index (Phi) is 6.95. The van der Waals surface area contributed by atoms with E-state index in [4.69, 9.17) is 9.47 Å². The standard InChI is InChI=1S/C17H26N2O7S/c1-8-9(20)10-11(12(21)22)27-13(18-10)19(14(23)25-16(2,3)4)15(24)26-17(5,6)7/h9,20H,8H2,1-7H3,(H,21,22). The van der Waals surface area contributed by atoms with Gasteiger partial charge in [0.2, 0.25) is 5.13 Å². The predicted molar refractivity (Wildman–Crippen MR) is 99.3 cm³/mol. The van der Waals surface area contributed by atoms with E-state index in [1.165, 1.54) is 0 Å². The van der Waals surface area contributed by atoms with Gasteiger partial charge in [0.15, 0.2) is 0 Å². The molecule has 9 nitrogen and oxygen atoms in total. The molecule has 1 heterocycles. The summed E-state index contributed by atoms with van der Waals surface area (Å²) in [5.74, 6) is -1.32. The lowest BCUT2D eigenvalue weighted by Crippen LogP contribution is -2.43. The number of hydrogen-bond donors (Lipinski definition) is 2. The molecule has 152 valence electrons. The Morgan fingerprint density at radius 3 is 1.85 bits per heavy atom. The van der Waals surface area contributed by atoms with Crippen LogP contribution in [0, 0.1) is 0 Å². The van der Waals surface area contributed by atoms with Crippen LogP contribution < -0.4 is 4.90 Å². The van der Waals surface area contributed by atoms with Gasteiger partial charge < -0.3 is 19.7 Å². The van der Waals surface area contributed by atoms with Gasteiger partial charge in [-0.05, 0) is 48.0 Å². The number of hydrogen-bond acceptors (Lipinski definition) is 8. The Bertz CT molecular complexity index is 688. The second-order valence-corrected chi connectivity index (χ2v) is 8.71.